The van der Waals surface area contributed by atoms with Crippen molar-refractivity contribution in [3.05, 3.63) is 0 Å². The minimum Gasteiger partial charge on any atom is -0.368 e. The van der Waals surface area contributed by atoms with Gasteiger partial charge < -0.3 is 15.4 Å². The fraction of sp³-hybridized carbons (Fsp3) is 0.923. The Morgan fingerprint density at radius 2 is 2.11 bits per heavy atom. The van der Waals surface area contributed by atoms with E-state index in [-0.39, 0.29) is 18.3 Å². The molecule has 1 heterocycles. The molecule has 106 valence electrons. The first kappa shape index (κ1) is 15.7. The van der Waals surface area contributed by atoms with E-state index in [4.69, 9.17) is 4.74 Å². The van der Waals surface area contributed by atoms with E-state index in [9.17, 15) is 4.79 Å². The maximum absolute atomic E-state index is 12.3. The van der Waals surface area contributed by atoms with Gasteiger partial charge in [-0.15, -0.1) is 12.4 Å². The first-order chi connectivity index (χ1) is 8.22. The molecule has 4 nitrogen and oxygen atoms in total. The summed E-state index contributed by atoms with van der Waals surface area (Å²) in [6.45, 7) is 3.93. The van der Waals surface area contributed by atoms with Crippen molar-refractivity contribution in [2.75, 3.05) is 20.2 Å². The normalized spacial score (nSPS) is 29.2. The van der Waals surface area contributed by atoms with Crippen molar-refractivity contribution in [3.63, 3.8) is 0 Å². The lowest BCUT2D eigenvalue weighted by atomic mass is 9.91. The first-order valence-electron chi connectivity index (χ1n) is 6.78. The molecule has 0 aromatic rings. The van der Waals surface area contributed by atoms with Gasteiger partial charge in [-0.05, 0) is 44.7 Å². The fourth-order valence-corrected chi connectivity index (χ4v) is 2.77. The Morgan fingerprint density at radius 1 is 1.44 bits per heavy atom. The van der Waals surface area contributed by atoms with Crippen LogP contribution in [0.4, 0.5) is 0 Å². The number of piperidine rings is 1. The number of methoxy groups -OCH3 is 1. The van der Waals surface area contributed by atoms with Crippen molar-refractivity contribution in [1.82, 2.24) is 10.6 Å². The van der Waals surface area contributed by atoms with Crippen LogP contribution in [0.15, 0.2) is 0 Å². The number of carbonyl (C=O) groups excluding carboxylic acids is 1. The Hall–Kier alpha value is -0.320. The van der Waals surface area contributed by atoms with E-state index in [1.807, 2.05) is 0 Å². The average molecular weight is 277 g/mol. The van der Waals surface area contributed by atoms with Crippen LogP contribution in [0.25, 0.3) is 0 Å². The van der Waals surface area contributed by atoms with Crippen LogP contribution in [0.3, 0.4) is 0 Å². The molecule has 1 saturated heterocycles. The Labute approximate surface area is 116 Å². The highest BCUT2D eigenvalue weighted by Gasteiger charge is 2.44. The number of carbonyl (C=O) groups is 1. The molecule has 0 aromatic heterocycles. The quantitative estimate of drug-likeness (QED) is 0.800. The molecular formula is C13H25ClN2O2. The minimum atomic E-state index is -0.579. The standard InChI is InChI=1S/C13H24N2O2.ClH/c1-3-4-10-9-11(10)15-12(16)13(17-2)5-7-14-8-6-13;/h10-11,14H,3-9H2,1-2H3,(H,15,16);1H. The average Bonchev–Trinajstić information content (AvgIpc) is 3.08. The summed E-state index contributed by atoms with van der Waals surface area (Å²) in [4.78, 5) is 12.3. The monoisotopic (exact) mass is 276 g/mol. The zero-order chi connectivity index (χ0) is 12.3. The van der Waals surface area contributed by atoms with Gasteiger partial charge in [0.15, 0.2) is 0 Å². The van der Waals surface area contributed by atoms with E-state index in [1.165, 1.54) is 12.8 Å². The summed E-state index contributed by atoms with van der Waals surface area (Å²) >= 11 is 0. The fourth-order valence-electron chi connectivity index (χ4n) is 2.77. The third kappa shape index (κ3) is 3.37. The molecule has 2 unspecified atom stereocenters. The van der Waals surface area contributed by atoms with Crippen LogP contribution in [-0.4, -0.2) is 37.7 Å². The second-order valence-corrected chi connectivity index (χ2v) is 5.31. The maximum Gasteiger partial charge on any atom is 0.252 e. The molecule has 1 saturated carbocycles. The van der Waals surface area contributed by atoms with E-state index in [0.29, 0.717) is 12.0 Å². The largest absolute Gasteiger partial charge is 0.368 e. The number of hydrogen-bond acceptors (Lipinski definition) is 3. The van der Waals surface area contributed by atoms with Crippen LogP contribution >= 0.6 is 12.4 Å². The van der Waals surface area contributed by atoms with Gasteiger partial charge in [0.05, 0.1) is 0 Å². The molecule has 0 aromatic carbocycles. The second kappa shape index (κ2) is 6.73. The van der Waals surface area contributed by atoms with Gasteiger partial charge >= 0.3 is 0 Å². The van der Waals surface area contributed by atoms with Gasteiger partial charge in [0.25, 0.3) is 5.91 Å². The molecule has 2 rings (SSSR count). The third-order valence-corrected chi connectivity index (χ3v) is 4.11. The van der Waals surface area contributed by atoms with Crippen molar-refractivity contribution >= 4 is 18.3 Å². The zero-order valence-electron chi connectivity index (χ0n) is 11.3. The summed E-state index contributed by atoms with van der Waals surface area (Å²) in [5.74, 6) is 0.810. The summed E-state index contributed by atoms with van der Waals surface area (Å²) in [7, 11) is 1.65. The summed E-state index contributed by atoms with van der Waals surface area (Å²) in [5, 5.41) is 6.43. The topological polar surface area (TPSA) is 50.4 Å². The Kier molecular flexibility index (Phi) is 5.89. The number of rotatable bonds is 5. The molecule has 1 amide bonds. The molecule has 2 atom stereocenters. The highest BCUT2D eigenvalue weighted by atomic mass is 35.5. The van der Waals surface area contributed by atoms with E-state index in [2.05, 4.69) is 17.6 Å². The molecule has 2 N–H and O–H groups in total. The number of halogens is 1. The number of nitrogens with one attached hydrogen (secondary N) is 2. The van der Waals surface area contributed by atoms with E-state index >= 15 is 0 Å². The summed E-state index contributed by atoms with van der Waals surface area (Å²) in [5.41, 5.74) is -0.579. The Morgan fingerprint density at radius 3 is 2.67 bits per heavy atom. The summed E-state index contributed by atoms with van der Waals surface area (Å²) in [6, 6.07) is 0.407. The SMILES string of the molecule is CCCC1CC1NC(=O)C1(OC)CCNCC1.Cl. The molecule has 0 bridgehead atoms. The molecule has 0 spiro atoms. The van der Waals surface area contributed by atoms with Crippen LogP contribution < -0.4 is 10.6 Å². The molecule has 1 aliphatic heterocycles. The number of amides is 1. The number of hydrogen-bond donors (Lipinski definition) is 2. The minimum absolute atomic E-state index is 0. The molecule has 2 fully saturated rings. The van der Waals surface area contributed by atoms with E-state index in [0.717, 1.165) is 32.4 Å². The molecule has 5 heteroatoms. The van der Waals surface area contributed by atoms with E-state index < -0.39 is 5.60 Å². The Bertz CT molecular complexity index is 280. The van der Waals surface area contributed by atoms with Gasteiger partial charge in [-0.2, -0.15) is 0 Å². The van der Waals surface area contributed by atoms with Gasteiger partial charge in [-0.3, -0.25) is 4.79 Å². The van der Waals surface area contributed by atoms with Crippen LogP contribution in [0.1, 0.15) is 39.0 Å². The lowest BCUT2D eigenvalue weighted by molar-refractivity contribution is -0.146. The van der Waals surface area contributed by atoms with Gasteiger partial charge in [0, 0.05) is 13.2 Å². The molecule has 0 radical (unpaired) electrons. The van der Waals surface area contributed by atoms with Gasteiger partial charge in [-0.1, -0.05) is 13.3 Å². The van der Waals surface area contributed by atoms with Crippen LogP contribution in [0.5, 0.6) is 0 Å². The lowest BCUT2D eigenvalue weighted by Crippen LogP contribution is -2.54. The van der Waals surface area contributed by atoms with Crippen molar-refractivity contribution in [2.45, 2.75) is 50.7 Å². The van der Waals surface area contributed by atoms with E-state index in [1.54, 1.807) is 7.11 Å². The summed E-state index contributed by atoms with van der Waals surface area (Å²) in [6.07, 6.45) is 5.14. The summed E-state index contributed by atoms with van der Waals surface area (Å²) < 4.78 is 5.51. The second-order valence-electron chi connectivity index (χ2n) is 5.31. The van der Waals surface area contributed by atoms with Crippen LogP contribution in [0, 0.1) is 5.92 Å². The predicted molar refractivity (Wildman–Crippen MR) is 74.0 cm³/mol. The van der Waals surface area contributed by atoms with Crippen molar-refractivity contribution < 1.29 is 9.53 Å². The first-order valence-corrected chi connectivity index (χ1v) is 6.78. The molecule has 2 aliphatic rings. The van der Waals surface area contributed by atoms with Gasteiger partial charge in [0.2, 0.25) is 0 Å². The van der Waals surface area contributed by atoms with Crippen LogP contribution in [-0.2, 0) is 9.53 Å². The van der Waals surface area contributed by atoms with Gasteiger partial charge in [-0.25, -0.2) is 0 Å². The number of ether oxygens (including phenoxy) is 1. The van der Waals surface area contributed by atoms with Crippen molar-refractivity contribution in [1.29, 1.82) is 0 Å². The predicted octanol–water partition coefficient (Wildman–Crippen LogP) is 1.48. The molecular weight excluding hydrogens is 252 g/mol. The van der Waals surface area contributed by atoms with Crippen LogP contribution in [0.2, 0.25) is 0 Å². The highest BCUT2D eigenvalue weighted by Crippen LogP contribution is 2.35. The maximum atomic E-state index is 12.3. The van der Waals surface area contributed by atoms with Crippen molar-refractivity contribution in [2.24, 2.45) is 5.92 Å². The highest BCUT2D eigenvalue weighted by molar-refractivity contribution is 5.86. The zero-order valence-corrected chi connectivity index (χ0v) is 12.1. The van der Waals surface area contributed by atoms with Crippen molar-refractivity contribution in [3.8, 4) is 0 Å². The molecule has 1 aliphatic carbocycles. The van der Waals surface area contributed by atoms with Gasteiger partial charge in [0.1, 0.15) is 5.60 Å². The third-order valence-electron chi connectivity index (χ3n) is 4.11. The lowest BCUT2D eigenvalue weighted by Gasteiger charge is -2.34. The smallest absolute Gasteiger partial charge is 0.252 e. The molecule has 18 heavy (non-hydrogen) atoms. The Balaban J connectivity index is 0.00000162.